The summed E-state index contributed by atoms with van der Waals surface area (Å²) in [7, 11) is -4.67. The van der Waals surface area contributed by atoms with Crippen molar-refractivity contribution in [2.24, 2.45) is 0 Å². The Hall–Kier alpha value is -1.79. The Labute approximate surface area is 149 Å². The van der Waals surface area contributed by atoms with Gasteiger partial charge in [-0.15, -0.1) is 0 Å². The minimum absolute atomic E-state index is 1.00. The van der Waals surface area contributed by atoms with Gasteiger partial charge in [-0.2, -0.15) is 8.42 Å². The maximum atomic E-state index is 8.78. The molecule has 0 unspecified atom stereocenters. The number of rotatable bonds is 0. The van der Waals surface area contributed by atoms with Gasteiger partial charge in [0.25, 0.3) is 0 Å². The van der Waals surface area contributed by atoms with Crippen molar-refractivity contribution in [1.82, 2.24) is 9.97 Å². The molecular formula is C14H16N2O7SV. The summed E-state index contributed by atoms with van der Waals surface area (Å²) in [5.41, 5.74) is 4.49. The molecule has 9 nitrogen and oxygen atoms in total. The van der Waals surface area contributed by atoms with Crippen molar-refractivity contribution in [3.8, 4) is 0 Å². The molecule has 0 saturated carbocycles. The van der Waals surface area contributed by atoms with Gasteiger partial charge in [-0.25, -0.2) is 0 Å². The number of fused-ring (bicyclic) bond motifs is 3. The molecule has 0 amide bonds. The first-order chi connectivity index (χ1) is 11.5. The van der Waals surface area contributed by atoms with Gasteiger partial charge < -0.3 is 0 Å². The van der Waals surface area contributed by atoms with Crippen molar-refractivity contribution in [3.05, 3.63) is 47.8 Å². The number of benzene rings is 1. The molecule has 0 radical (unpaired) electrons. The Kier molecular flexibility index (Phi) is 7.71. The summed E-state index contributed by atoms with van der Waals surface area (Å²) in [6.07, 6.45) is 3.70. The summed E-state index contributed by atoms with van der Waals surface area (Å²) in [6.45, 7) is 4.21. The van der Waals surface area contributed by atoms with E-state index < -0.39 is 26.2 Å². The number of pyridine rings is 2. The van der Waals surface area contributed by atoms with Crippen LogP contribution in [0, 0.1) is 13.8 Å². The molecule has 11 heteroatoms. The number of hydrogen-bond acceptors (Lipinski definition) is 5. The Balaban J connectivity index is 0.000000293. The first-order valence-corrected chi connectivity index (χ1v) is 9.87. The SMILES string of the molecule is Cc1ccnc2c1ccc1c(C)ccnc12.O=S(=O)(O)O.[O]=[V]([OH])[OH]. The molecule has 135 valence electrons. The molecule has 1 aromatic carbocycles. The molecule has 0 bridgehead atoms. The van der Waals surface area contributed by atoms with Crippen molar-refractivity contribution < 1.29 is 45.1 Å². The number of aryl methyl sites for hydroxylation is 2. The molecule has 0 fully saturated rings. The second-order valence-corrected chi connectivity index (χ2v) is 6.50. The van der Waals surface area contributed by atoms with E-state index in [9.17, 15) is 0 Å². The van der Waals surface area contributed by atoms with E-state index in [2.05, 4.69) is 35.9 Å². The van der Waals surface area contributed by atoms with Gasteiger partial charge in [0.1, 0.15) is 0 Å². The van der Waals surface area contributed by atoms with E-state index in [0.717, 1.165) is 11.0 Å². The molecule has 3 aromatic rings. The van der Waals surface area contributed by atoms with E-state index in [1.807, 2.05) is 24.5 Å². The Morgan fingerprint density at radius 1 is 0.840 bits per heavy atom. The third-order valence-corrected chi connectivity index (χ3v) is 3.06. The molecule has 3 rings (SSSR count). The molecule has 0 spiro atoms. The average Bonchev–Trinajstić information content (AvgIpc) is 2.45. The predicted octanol–water partition coefficient (Wildman–Crippen LogP) is 1.51. The molecule has 2 heterocycles. The number of hydrogen-bond donors (Lipinski definition) is 4. The van der Waals surface area contributed by atoms with Crippen molar-refractivity contribution in [1.29, 1.82) is 0 Å². The minimum atomic E-state index is -4.67. The zero-order valence-electron chi connectivity index (χ0n) is 13.2. The number of aromatic nitrogens is 2. The standard InChI is InChI=1S/C14H12N2.H2O4S.2H2O.O.V/c1-9-5-7-15-13-11(9)3-4-12-10(2)6-8-16-14(12)13;1-5(2,3)4;;;;/h3-8H,1-2H3;(H2,1,2,3,4);2*1H2;;/q;;;;;+2/p-2. The monoisotopic (exact) mass is 407 g/mol. The Bertz CT molecular complexity index is 936. The van der Waals surface area contributed by atoms with E-state index in [0.29, 0.717) is 0 Å². The molecule has 4 N–H and O–H groups in total. The quantitative estimate of drug-likeness (QED) is 0.320. The van der Waals surface area contributed by atoms with Gasteiger partial charge in [0, 0.05) is 23.2 Å². The third kappa shape index (κ3) is 7.32. The molecule has 0 atom stereocenters. The second-order valence-electron chi connectivity index (χ2n) is 4.81. The van der Waals surface area contributed by atoms with Crippen LogP contribution in [0.25, 0.3) is 21.8 Å². The van der Waals surface area contributed by atoms with Crippen LogP contribution in [0.15, 0.2) is 36.7 Å². The Morgan fingerprint density at radius 2 is 1.12 bits per heavy atom. The second kappa shape index (κ2) is 9.06. The fourth-order valence-corrected chi connectivity index (χ4v) is 2.10. The summed E-state index contributed by atoms with van der Waals surface area (Å²) in [5, 5.41) is 2.38. The van der Waals surface area contributed by atoms with Crippen LogP contribution in [-0.2, 0) is 29.9 Å². The van der Waals surface area contributed by atoms with Crippen molar-refractivity contribution in [3.63, 3.8) is 0 Å². The molecule has 0 aliphatic carbocycles. The van der Waals surface area contributed by atoms with Crippen LogP contribution in [0.3, 0.4) is 0 Å². The van der Waals surface area contributed by atoms with Crippen LogP contribution in [0.1, 0.15) is 11.1 Å². The summed E-state index contributed by atoms with van der Waals surface area (Å²) < 4.78 is 54.8. The average molecular weight is 407 g/mol. The Morgan fingerprint density at radius 3 is 1.40 bits per heavy atom. The van der Waals surface area contributed by atoms with Crippen LogP contribution in [0.5, 0.6) is 0 Å². The molecule has 25 heavy (non-hydrogen) atoms. The normalized spacial score (nSPS) is 10.5. The van der Waals surface area contributed by atoms with Crippen LogP contribution in [0.4, 0.5) is 0 Å². The van der Waals surface area contributed by atoms with Gasteiger partial charge in [-0.3, -0.25) is 19.1 Å². The van der Waals surface area contributed by atoms with Crippen LogP contribution in [-0.4, -0.2) is 35.6 Å². The topological polar surface area (TPSA) is 158 Å². The van der Waals surface area contributed by atoms with Crippen LogP contribution < -0.4 is 0 Å². The number of nitrogens with zero attached hydrogens (tertiary/aromatic N) is 2. The van der Waals surface area contributed by atoms with E-state index in [1.165, 1.54) is 21.9 Å². The molecule has 0 aliphatic heterocycles. The van der Waals surface area contributed by atoms with E-state index in [-0.39, 0.29) is 0 Å². The van der Waals surface area contributed by atoms with E-state index in [1.54, 1.807) is 0 Å². The zero-order valence-corrected chi connectivity index (χ0v) is 15.4. The van der Waals surface area contributed by atoms with E-state index >= 15 is 0 Å². The molecular weight excluding hydrogens is 391 g/mol. The van der Waals surface area contributed by atoms with Crippen molar-refractivity contribution >= 4 is 32.2 Å². The van der Waals surface area contributed by atoms with Crippen LogP contribution >= 0.6 is 0 Å². The van der Waals surface area contributed by atoms with Gasteiger partial charge >= 0.3 is 37.9 Å². The fourth-order valence-electron chi connectivity index (χ4n) is 2.10. The predicted molar refractivity (Wildman–Crippen MR) is 85.8 cm³/mol. The molecule has 0 saturated heterocycles. The first kappa shape index (κ1) is 21.3. The molecule has 2 aromatic heterocycles. The van der Waals surface area contributed by atoms with Crippen LogP contribution in [0.2, 0.25) is 0 Å². The van der Waals surface area contributed by atoms with Gasteiger partial charge in [0.2, 0.25) is 0 Å². The van der Waals surface area contributed by atoms with Gasteiger partial charge in [0.05, 0.1) is 11.0 Å². The van der Waals surface area contributed by atoms with Gasteiger partial charge in [-0.1, -0.05) is 12.1 Å². The van der Waals surface area contributed by atoms with Gasteiger partial charge in [0.15, 0.2) is 0 Å². The van der Waals surface area contributed by atoms with E-state index in [4.69, 9.17) is 29.3 Å². The first-order valence-electron chi connectivity index (χ1n) is 6.65. The zero-order chi connectivity index (χ0) is 19.2. The fraction of sp³-hybridized carbons (Fsp3) is 0.143. The van der Waals surface area contributed by atoms with Crippen molar-refractivity contribution in [2.45, 2.75) is 13.8 Å². The summed E-state index contributed by atoms with van der Waals surface area (Å²) >= 11 is -3.44. The third-order valence-electron chi connectivity index (χ3n) is 3.06. The molecule has 0 aliphatic rings. The summed E-state index contributed by atoms with van der Waals surface area (Å²) in [6, 6.07) is 8.33. The summed E-state index contributed by atoms with van der Waals surface area (Å²) in [5.74, 6) is 0. The van der Waals surface area contributed by atoms with Crippen molar-refractivity contribution in [2.75, 3.05) is 0 Å². The maximum absolute atomic E-state index is 8.78. The van der Waals surface area contributed by atoms with Gasteiger partial charge in [-0.05, 0) is 37.1 Å². The summed E-state index contributed by atoms with van der Waals surface area (Å²) in [4.78, 5) is 8.90.